The van der Waals surface area contributed by atoms with Gasteiger partial charge in [-0.05, 0) is 139 Å². The van der Waals surface area contributed by atoms with Crippen molar-refractivity contribution in [2.24, 2.45) is 17.4 Å². The Kier molecular flexibility index (Phi) is 28.6. The molecule has 24 N–H and O–H groups in total. The van der Waals surface area contributed by atoms with Crippen molar-refractivity contribution >= 4 is 82.1 Å². The summed E-state index contributed by atoms with van der Waals surface area (Å²) in [6.07, 6.45) is -26.1. The van der Waals surface area contributed by atoms with Crippen molar-refractivity contribution in [1.82, 2.24) is 47.5 Å². The van der Waals surface area contributed by atoms with Crippen LogP contribution >= 0.6 is 34.8 Å². The Hall–Kier alpha value is -10.7. The summed E-state index contributed by atoms with van der Waals surface area (Å²) in [5.74, 6) is -16.7. The van der Waals surface area contributed by atoms with Gasteiger partial charge < -0.3 is 153 Å². The molecule has 7 amide bonds. The third-order valence-electron chi connectivity index (χ3n) is 22.3. The minimum Gasteiger partial charge on any atom is -0.508 e. The van der Waals surface area contributed by atoms with E-state index in [0.717, 1.165) is 77.9 Å². The van der Waals surface area contributed by atoms with Gasteiger partial charge in [0.15, 0.2) is 30.1 Å². The number of phenolic OH excluding ortho intramolecular Hbond substituents is 3. The summed E-state index contributed by atoms with van der Waals surface area (Å²) >= 11 is 20.6. The highest BCUT2D eigenvalue weighted by Crippen LogP contribution is 2.50. The molecule has 0 radical (unpaired) electrons. The second-order valence-electron chi connectivity index (χ2n) is 32.1. The number of carboxylic acids is 1. The van der Waals surface area contributed by atoms with Crippen LogP contribution in [0.25, 0.3) is 22.3 Å². The van der Waals surface area contributed by atoms with Crippen LogP contribution in [-0.4, -0.2) is 243 Å². The van der Waals surface area contributed by atoms with E-state index < -0.39 is 284 Å². The topological polar surface area (TPSA) is 614 Å². The van der Waals surface area contributed by atoms with E-state index in [0.29, 0.717) is 10.6 Å². The number of amides is 7. The maximum Gasteiger partial charge on any atom is 0.330 e. The minimum absolute atomic E-state index is 0.131. The lowest BCUT2D eigenvalue weighted by atomic mass is 9.86. The number of rotatable bonds is 20. The number of aliphatic hydroxyl groups is 8. The van der Waals surface area contributed by atoms with Crippen LogP contribution < -0.4 is 68.2 Å². The lowest BCUT2D eigenvalue weighted by molar-refractivity contribution is -0.350. The highest BCUT2D eigenvalue weighted by atomic mass is 35.5. The molecular formula is C84H94Cl3N11O28. The number of carbonyl (C=O) groups excluding carboxylic acids is 7. The second kappa shape index (κ2) is 38.8. The normalized spacial score (nSPS) is 29.6. The Morgan fingerprint density at radius 3 is 1.93 bits per heavy atom. The summed E-state index contributed by atoms with van der Waals surface area (Å²) in [6.45, 7) is 5.33. The van der Waals surface area contributed by atoms with Gasteiger partial charge in [0.2, 0.25) is 53.4 Å². The van der Waals surface area contributed by atoms with E-state index in [1.807, 2.05) is 18.2 Å². The molecule has 15 rings (SSSR count). The number of benzene rings is 6. The lowest BCUT2D eigenvalue weighted by Crippen LogP contribution is -2.65. The summed E-state index contributed by atoms with van der Waals surface area (Å²) in [6, 6.07) is 7.85. The maximum absolute atomic E-state index is 16.4. The quantitative estimate of drug-likeness (QED) is 0.0513. The molecule has 0 aliphatic carbocycles. The molecule has 8 aliphatic heterocycles. The molecule has 1 unspecified atom stereocenters. The van der Waals surface area contributed by atoms with E-state index in [1.54, 1.807) is 38.4 Å². The SMILES string of the molecule is CN[C@H](CC(C)C)C(=O)NC1C(=O)N[C@@H](CC(N)=O)C(=O)N[C@H]2C(=O)N[C@H]3C(=O)N[C@H](C(=O)N[C@@H](C(=O)O)c4cc(O)cc(O)c4-c4cc3ccc4O)[C@H](O[C@H]3C[C@](C)(N)[C@@H](O)[C@H](C)O3)c3ccc(c(Cl)c3)Oc3cc2cc(c3O[C@@H]2O[C@H](CO)[C@@H](O[C@@H]3O[C@H](CNCc4cncc(-c5ccc(Cl)cc5)c4)[C@H](O)[C@H](O)[C@H]3O)[C@H](O)[C@H]2O)Oc2ccc(cc2Cl)[C@H]1O. The summed E-state index contributed by atoms with van der Waals surface area (Å²) in [5.41, 5.74) is 10.2. The molecule has 0 spiro atoms. The van der Waals surface area contributed by atoms with Crippen molar-refractivity contribution in [2.45, 2.75) is 193 Å². The number of aliphatic hydroxyl groups excluding tert-OH is 8. The monoisotopic (exact) mass is 1810 g/mol. The number of hydrogen-bond acceptors (Lipinski definition) is 31. The first-order valence-corrected chi connectivity index (χ1v) is 40.9. The molecule has 0 saturated carbocycles. The predicted molar refractivity (Wildman–Crippen MR) is 441 cm³/mol. The van der Waals surface area contributed by atoms with E-state index in [-0.39, 0.29) is 43.0 Å². The van der Waals surface area contributed by atoms with E-state index in [9.17, 15) is 75.7 Å². The number of primary amides is 1. The van der Waals surface area contributed by atoms with E-state index in [4.69, 9.17) is 84.2 Å². The highest BCUT2D eigenvalue weighted by Gasteiger charge is 2.53. The van der Waals surface area contributed by atoms with Gasteiger partial charge in [-0.1, -0.05) is 79.0 Å². The molecular weight excluding hydrogens is 1720 g/mol. The number of fused-ring (bicyclic) bond motifs is 15. The number of nitrogens with one attached hydrogen (secondary N) is 8. The zero-order valence-electron chi connectivity index (χ0n) is 67.7. The fourth-order valence-corrected chi connectivity index (χ4v) is 16.3. The Balaban J connectivity index is 0.966. The molecule has 8 aliphatic rings. The smallest absolute Gasteiger partial charge is 0.330 e. The third kappa shape index (κ3) is 20.3. The van der Waals surface area contributed by atoms with E-state index in [1.165, 1.54) is 33.0 Å². The molecule has 39 nitrogen and oxygen atoms in total. The predicted octanol–water partition coefficient (Wildman–Crippen LogP) is 1.44. The van der Waals surface area contributed by atoms with E-state index >= 15 is 24.0 Å². The maximum atomic E-state index is 16.4. The number of ether oxygens (including phenoxy) is 8. The Labute approximate surface area is 732 Å². The van der Waals surface area contributed by atoms with Gasteiger partial charge in [-0.3, -0.25) is 38.5 Å². The number of carboxylic acid groups (broad SMARTS) is 1. The van der Waals surface area contributed by atoms with Crippen molar-refractivity contribution < 1.29 is 138 Å². The second-order valence-corrected chi connectivity index (χ2v) is 33.3. The fraction of sp³-hybridized carbons (Fsp3) is 0.417. The number of aromatic nitrogens is 1. The average Bonchev–Trinajstić information content (AvgIpc) is 0.762. The average molecular weight is 1810 g/mol. The third-order valence-corrected chi connectivity index (χ3v) is 23.2. The lowest BCUT2D eigenvalue weighted by Gasteiger charge is -2.46. The largest absolute Gasteiger partial charge is 0.508 e. The number of likely N-dealkylation sites (N-methyl/N-ethyl adjacent to an activating group) is 1. The zero-order valence-corrected chi connectivity index (χ0v) is 70.0. The number of halogens is 3. The van der Waals surface area contributed by atoms with Crippen LogP contribution in [0.2, 0.25) is 15.1 Å². The first kappa shape index (κ1) is 92.9. The number of pyridine rings is 1. The summed E-state index contributed by atoms with van der Waals surface area (Å²) < 4.78 is 51.3. The Morgan fingerprint density at radius 1 is 0.651 bits per heavy atom. The van der Waals surface area contributed by atoms with Crippen molar-refractivity contribution in [3.63, 3.8) is 0 Å². The number of hydrogen-bond donors (Lipinski definition) is 22. The molecule has 23 atom stereocenters. The molecule has 674 valence electrons. The standard InChI is InChI=1S/C84H94Cl3N11O28/c1-32(2)16-47(90-5)75(111)97-63-65(104)37-9-14-51(45(86)19-37)120-53-21-39-22-54(72(53)125-83-70(109)68(107)73(56(31-99)123-83)126-82-69(108)67(106)66(105)55(122-82)30-92-28-34-17-40(29-91-27-34)35-6-11-41(85)12-7-35)121-52-15-10-38(20-46(52)87)71(124-58-26-84(4,89)74(110)33(3)119-58)64-80(116)96-62(81(117)118)44-23-42(100)24-50(102)59(44)43-18-36(8-13-49(43)101)60(77(113)98-64)95-78(114)61(39)94-76(112)48(25-57(88)103)93-79(63)115/h6-15,17-24,27,29,32-33,47-48,55-56,58,60-71,73-74,82-83,90,92,99-102,104-110H,16,25-26,28,30-31,89H2,1-5H3,(H2,88,103)(H,93,115)(H,94,112)(H,95,114)(H,96,116)(H,97,111)(H,98,113)(H,117,118)/t33-,47+,48-,55+,56+,58-,60+,61+,62+,63?,64-,65+,66-,67-,68+,69+,70+,71+,73+,74-,82-,83-,84-/m0/s1. The summed E-state index contributed by atoms with van der Waals surface area (Å²) in [5, 5.41) is 160. The summed E-state index contributed by atoms with van der Waals surface area (Å²) in [7, 11) is 1.46. The highest BCUT2D eigenvalue weighted by molar-refractivity contribution is 6.32. The molecule has 3 fully saturated rings. The van der Waals surface area contributed by atoms with E-state index in [2.05, 4.69) is 47.5 Å². The minimum atomic E-state index is -2.43. The molecule has 7 aromatic rings. The van der Waals surface area contributed by atoms with Gasteiger partial charge in [-0.2, -0.15) is 0 Å². The van der Waals surface area contributed by atoms with Crippen LogP contribution in [0.1, 0.15) is 111 Å². The summed E-state index contributed by atoms with van der Waals surface area (Å²) in [4.78, 5) is 125. The van der Waals surface area contributed by atoms with Crippen LogP contribution in [0.3, 0.4) is 0 Å². The van der Waals surface area contributed by atoms with Crippen LogP contribution in [-0.2, 0) is 68.6 Å². The van der Waals surface area contributed by atoms with Crippen molar-refractivity contribution in [2.75, 3.05) is 20.2 Å². The Bertz CT molecular complexity index is 5270. The van der Waals surface area contributed by atoms with Crippen molar-refractivity contribution in [3.05, 3.63) is 170 Å². The van der Waals surface area contributed by atoms with Crippen LogP contribution in [0.15, 0.2) is 122 Å². The van der Waals surface area contributed by atoms with Crippen LogP contribution in [0, 0.1) is 5.92 Å². The molecule has 1 aromatic heterocycles. The van der Waals surface area contributed by atoms with Crippen LogP contribution in [0.4, 0.5) is 0 Å². The molecule has 42 heteroatoms. The molecule has 126 heavy (non-hydrogen) atoms. The Morgan fingerprint density at radius 2 is 1.29 bits per heavy atom. The molecule has 6 aromatic carbocycles. The number of nitrogens with two attached hydrogens (primary N) is 2. The van der Waals surface area contributed by atoms with Gasteiger partial charge in [-0.25, -0.2) is 4.79 Å². The fourth-order valence-electron chi connectivity index (χ4n) is 15.7. The van der Waals surface area contributed by atoms with Gasteiger partial charge in [0.25, 0.3) is 0 Å². The van der Waals surface area contributed by atoms with Gasteiger partial charge >= 0.3 is 5.97 Å². The number of aromatic hydroxyl groups is 3. The first-order valence-electron chi connectivity index (χ1n) is 39.8. The van der Waals surface area contributed by atoms with Crippen molar-refractivity contribution in [3.8, 4) is 68.2 Å². The number of phenols is 3. The van der Waals surface area contributed by atoms with Gasteiger partial charge in [0.1, 0.15) is 120 Å². The zero-order chi connectivity index (χ0) is 90.9. The van der Waals surface area contributed by atoms with Gasteiger partial charge in [-0.15, -0.1) is 0 Å². The number of nitrogens with zero attached hydrogens (tertiary/aromatic N) is 1. The van der Waals surface area contributed by atoms with Crippen LogP contribution in [0.5, 0.6) is 46.0 Å². The number of aliphatic carboxylic acids is 1. The molecule has 9 heterocycles. The number of carbonyl (C=O) groups is 8. The molecule has 11 bridgehead atoms. The van der Waals surface area contributed by atoms with Gasteiger partial charge in [0, 0.05) is 70.8 Å². The molecule has 3 saturated heterocycles. The van der Waals surface area contributed by atoms with Gasteiger partial charge in [0.05, 0.1) is 41.3 Å². The van der Waals surface area contributed by atoms with Crippen molar-refractivity contribution in [1.29, 1.82) is 0 Å². The first-order chi connectivity index (χ1) is 59.8.